The smallest absolute Gasteiger partial charge is 0.306 e. The number of nitrogens with one attached hydrogen (secondary N) is 1. The van der Waals surface area contributed by atoms with Crippen LogP contribution in [-0.2, 0) is 20.7 Å². The number of hydrogen-bond acceptors (Lipinski definition) is 5. The van der Waals surface area contributed by atoms with Gasteiger partial charge in [-0.3, -0.25) is 9.59 Å². The summed E-state index contributed by atoms with van der Waals surface area (Å²) in [6, 6.07) is 5.45. The minimum Gasteiger partial charge on any atom is -0.456 e. The third kappa shape index (κ3) is 6.17. The molecular formula is C15H14Cl2N2O3S. The molecule has 8 heteroatoms. The summed E-state index contributed by atoms with van der Waals surface area (Å²) in [5.41, 5.74) is 0. The lowest BCUT2D eigenvalue weighted by Gasteiger charge is -2.07. The Morgan fingerprint density at radius 1 is 1.35 bits per heavy atom. The van der Waals surface area contributed by atoms with E-state index in [0.29, 0.717) is 11.4 Å². The summed E-state index contributed by atoms with van der Waals surface area (Å²) in [5, 5.41) is 5.03. The lowest BCUT2D eigenvalue weighted by atomic mass is 10.2. The predicted octanol–water partition coefficient (Wildman–Crippen LogP) is 3.95. The van der Waals surface area contributed by atoms with E-state index < -0.39 is 11.9 Å². The van der Waals surface area contributed by atoms with Crippen molar-refractivity contribution in [1.29, 1.82) is 0 Å². The van der Waals surface area contributed by atoms with Gasteiger partial charge in [0.2, 0.25) is 0 Å². The van der Waals surface area contributed by atoms with E-state index in [2.05, 4.69) is 10.3 Å². The number of hydrogen-bond donors (Lipinski definition) is 1. The summed E-state index contributed by atoms with van der Waals surface area (Å²) in [5.74, 6) is -0.741. The van der Waals surface area contributed by atoms with Crippen LogP contribution in [0.4, 0.5) is 5.82 Å². The molecule has 1 amide bonds. The number of pyridine rings is 1. The molecular weight excluding hydrogens is 359 g/mol. The first-order valence-corrected chi connectivity index (χ1v) is 8.47. The van der Waals surface area contributed by atoms with E-state index in [1.807, 2.05) is 17.5 Å². The van der Waals surface area contributed by atoms with Crippen LogP contribution >= 0.6 is 34.5 Å². The maximum Gasteiger partial charge on any atom is 0.306 e. The third-order valence-corrected chi connectivity index (χ3v) is 4.25. The molecule has 0 aliphatic carbocycles. The standard InChI is InChI=1S/C15H14Cl2N2O3S/c16-10-7-12(17)15(18-8-10)19-13(20)9-22-14(21)5-1-3-11-4-2-6-23-11/h2,4,6-8H,1,3,5,9H2,(H,18,19,20). The van der Waals surface area contributed by atoms with Crippen molar-refractivity contribution in [2.24, 2.45) is 0 Å². The lowest BCUT2D eigenvalue weighted by molar-refractivity contribution is -0.147. The fourth-order valence-corrected chi connectivity index (χ4v) is 2.93. The minimum atomic E-state index is -0.506. The third-order valence-electron chi connectivity index (χ3n) is 2.81. The molecule has 2 aromatic heterocycles. The van der Waals surface area contributed by atoms with Gasteiger partial charge < -0.3 is 10.1 Å². The van der Waals surface area contributed by atoms with E-state index >= 15 is 0 Å². The van der Waals surface area contributed by atoms with Gasteiger partial charge in [0, 0.05) is 17.5 Å². The second kappa shape index (κ2) is 8.86. The summed E-state index contributed by atoms with van der Waals surface area (Å²) in [6.07, 6.45) is 3.14. The molecule has 1 N–H and O–H groups in total. The van der Waals surface area contributed by atoms with Gasteiger partial charge in [-0.1, -0.05) is 29.3 Å². The highest BCUT2D eigenvalue weighted by Crippen LogP contribution is 2.22. The van der Waals surface area contributed by atoms with Crippen molar-refractivity contribution in [2.75, 3.05) is 11.9 Å². The Balaban J connectivity index is 1.68. The summed E-state index contributed by atoms with van der Waals surface area (Å²) < 4.78 is 4.91. The number of carbonyl (C=O) groups is 2. The highest BCUT2D eigenvalue weighted by Gasteiger charge is 2.11. The number of aromatic nitrogens is 1. The number of anilines is 1. The van der Waals surface area contributed by atoms with Crippen molar-refractivity contribution in [3.8, 4) is 0 Å². The molecule has 0 radical (unpaired) electrons. The van der Waals surface area contributed by atoms with E-state index in [9.17, 15) is 9.59 Å². The van der Waals surface area contributed by atoms with Gasteiger partial charge in [-0.25, -0.2) is 4.98 Å². The second-order valence-electron chi connectivity index (χ2n) is 4.63. The van der Waals surface area contributed by atoms with Crippen molar-refractivity contribution >= 4 is 52.2 Å². The Hall–Kier alpha value is -1.63. The Morgan fingerprint density at radius 2 is 2.17 bits per heavy atom. The van der Waals surface area contributed by atoms with Crippen molar-refractivity contribution in [3.63, 3.8) is 0 Å². The minimum absolute atomic E-state index is 0.176. The molecule has 2 aromatic rings. The Labute approximate surface area is 147 Å². The highest BCUT2D eigenvalue weighted by atomic mass is 35.5. The first-order chi connectivity index (χ1) is 11.0. The summed E-state index contributed by atoms with van der Waals surface area (Å²) >= 11 is 13.2. The zero-order valence-electron chi connectivity index (χ0n) is 12.1. The molecule has 2 heterocycles. The summed E-state index contributed by atoms with van der Waals surface area (Å²) in [6.45, 7) is -0.377. The van der Waals surface area contributed by atoms with Crippen LogP contribution in [0.3, 0.4) is 0 Å². The van der Waals surface area contributed by atoms with Crippen molar-refractivity contribution in [1.82, 2.24) is 4.98 Å². The largest absolute Gasteiger partial charge is 0.456 e. The monoisotopic (exact) mass is 372 g/mol. The number of esters is 1. The first kappa shape index (κ1) is 17.7. The van der Waals surface area contributed by atoms with Gasteiger partial charge in [0.1, 0.15) is 0 Å². The topological polar surface area (TPSA) is 68.3 Å². The number of rotatable bonds is 7. The van der Waals surface area contributed by atoms with Crippen LogP contribution < -0.4 is 5.32 Å². The van der Waals surface area contributed by atoms with E-state index in [1.54, 1.807) is 11.3 Å². The summed E-state index contributed by atoms with van der Waals surface area (Å²) in [4.78, 5) is 28.4. The molecule has 0 aliphatic rings. The molecule has 0 saturated carbocycles. The molecule has 0 atom stereocenters. The van der Waals surface area contributed by atoms with Gasteiger partial charge in [-0.2, -0.15) is 0 Å². The molecule has 0 unspecified atom stereocenters. The van der Waals surface area contributed by atoms with Crippen LogP contribution in [0.1, 0.15) is 17.7 Å². The van der Waals surface area contributed by atoms with E-state index in [0.717, 1.165) is 6.42 Å². The van der Waals surface area contributed by atoms with Crippen LogP contribution in [-0.4, -0.2) is 23.5 Å². The maximum atomic E-state index is 11.7. The summed E-state index contributed by atoms with van der Waals surface area (Å²) in [7, 11) is 0. The van der Waals surface area contributed by atoms with Crippen molar-refractivity contribution in [2.45, 2.75) is 19.3 Å². The van der Waals surface area contributed by atoms with E-state index in [-0.39, 0.29) is 23.9 Å². The van der Waals surface area contributed by atoms with Crippen LogP contribution in [0.5, 0.6) is 0 Å². The quantitative estimate of drug-likeness (QED) is 0.746. The van der Waals surface area contributed by atoms with Crippen molar-refractivity contribution < 1.29 is 14.3 Å². The SMILES string of the molecule is O=C(COC(=O)CCCc1cccs1)Nc1ncc(Cl)cc1Cl. The van der Waals surface area contributed by atoms with Crippen LogP contribution in [0.15, 0.2) is 29.8 Å². The molecule has 122 valence electrons. The van der Waals surface area contributed by atoms with Gasteiger partial charge in [0.05, 0.1) is 10.0 Å². The molecule has 5 nitrogen and oxygen atoms in total. The number of aryl methyl sites for hydroxylation is 1. The number of carbonyl (C=O) groups excluding carboxylic acids is 2. The second-order valence-corrected chi connectivity index (χ2v) is 6.50. The normalized spacial score (nSPS) is 10.3. The fraction of sp³-hybridized carbons (Fsp3) is 0.267. The van der Waals surface area contributed by atoms with Gasteiger partial charge in [0.15, 0.2) is 12.4 Å². The van der Waals surface area contributed by atoms with Crippen LogP contribution in [0, 0.1) is 0 Å². The zero-order valence-corrected chi connectivity index (χ0v) is 14.4. The molecule has 0 saturated heterocycles. The molecule has 0 fully saturated rings. The van der Waals surface area contributed by atoms with Gasteiger partial charge in [0.25, 0.3) is 5.91 Å². The lowest BCUT2D eigenvalue weighted by Crippen LogP contribution is -2.21. The first-order valence-electron chi connectivity index (χ1n) is 6.83. The fourth-order valence-electron chi connectivity index (χ4n) is 1.75. The zero-order chi connectivity index (χ0) is 16.7. The average molecular weight is 373 g/mol. The molecule has 0 spiro atoms. The average Bonchev–Trinajstić information content (AvgIpc) is 3.01. The maximum absolute atomic E-state index is 11.7. The number of ether oxygens (including phenoxy) is 1. The van der Waals surface area contributed by atoms with Crippen LogP contribution in [0.25, 0.3) is 0 Å². The molecule has 0 aromatic carbocycles. The molecule has 2 rings (SSSR count). The highest BCUT2D eigenvalue weighted by molar-refractivity contribution is 7.09. The van der Waals surface area contributed by atoms with E-state index in [1.165, 1.54) is 17.1 Å². The van der Waals surface area contributed by atoms with Gasteiger partial charge in [-0.15, -0.1) is 11.3 Å². The Morgan fingerprint density at radius 3 is 2.87 bits per heavy atom. The number of nitrogens with zero attached hydrogens (tertiary/aromatic N) is 1. The molecule has 0 bridgehead atoms. The number of halogens is 2. The van der Waals surface area contributed by atoms with E-state index in [4.69, 9.17) is 27.9 Å². The molecule has 0 aliphatic heterocycles. The predicted molar refractivity (Wildman–Crippen MR) is 91.1 cm³/mol. The van der Waals surface area contributed by atoms with Crippen LogP contribution in [0.2, 0.25) is 10.0 Å². The Kier molecular flexibility index (Phi) is 6.83. The van der Waals surface area contributed by atoms with Gasteiger partial charge >= 0.3 is 5.97 Å². The number of thiophene rings is 1. The Bertz CT molecular complexity index is 677. The molecule has 23 heavy (non-hydrogen) atoms. The number of amides is 1. The van der Waals surface area contributed by atoms with Gasteiger partial charge in [-0.05, 0) is 30.4 Å². The van der Waals surface area contributed by atoms with Crippen molar-refractivity contribution in [3.05, 3.63) is 44.7 Å².